The summed E-state index contributed by atoms with van der Waals surface area (Å²) in [5.74, 6) is 0.466. The van der Waals surface area contributed by atoms with Crippen LogP contribution >= 0.6 is 11.8 Å². The van der Waals surface area contributed by atoms with Gasteiger partial charge in [-0.1, -0.05) is 54.2 Å². The Bertz CT molecular complexity index is 1130. The van der Waals surface area contributed by atoms with Crippen molar-refractivity contribution >= 4 is 23.6 Å². The first-order valence-electron chi connectivity index (χ1n) is 11.8. The van der Waals surface area contributed by atoms with Gasteiger partial charge in [-0.3, -0.25) is 9.69 Å². The van der Waals surface area contributed by atoms with E-state index in [2.05, 4.69) is 37.1 Å². The molecule has 1 aliphatic heterocycles. The minimum atomic E-state index is -0.380. The van der Waals surface area contributed by atoms with Crippen LogP contribution < -0.4 is 5.32 Å². The van der Waals surface area contributed by atoms with Gasteiger partial charge in [-0.25, -0.2) is 4.79 Å². The lowest BCUT2D eigenvalue weighted by atomic mass is 10.1. The fraction of sp³-hybridized carbons (Fsp3) is 0.385. The molecule has 1 N–H and O–H groups in total. The molecule has 184 valence electrons. The first-order chi connectivity index (χ1) is 17.0. The highest BCUT2D eigenvalue weighted by Crippen LogP contribution is 2.25. The molecule has 3 aromatic rings. The molecule has 0 bridgehead atoms. The molecule has 2 heterocycles. The number of hydrogen-bond acceptors (Lipinski definition) is 7. The van der Waals surface area contributed by atoms with E-state index in [1.807, 2.05) is 37.3 Å². The molecule has 0 aliphatic carbocycles. The van der Waals surface area contributed by atoms with Gasteiger partial charge in [-0.15, -0.1) is 10.2 Å². The summed E-state index contributed by atoms with van der Waals surface area (Å²) >= 11 is 1.42. The number of esters is 1. The lowest BCUT2D eigenvalue weighted by Gasteiger charge is -2.17. The smallest absolute Gasteiger partial charge is 0.337 e. The number of aromatic nitrogens is 3. The van der Waals surface area contributed by atoms with Gasteiger partial charge in [0.05, 0.1) is 31.0 Å². The molecule has 1 unspecified atom stereocenters. The Hall–Kier alpha value is -3.17. The fourth-order valence-electron chi connectivity index (χ4n) is 4.01. The number of thioether (sulfide) groups is 1. The van der Waals surface area contributed by atoms with Crippen LogP contribution in [0.15, 0.2) is 59.8 Å². The van der Waals surface area contributed by atoms with Crippen LogP contribution in [-0.4, -0.2) is 57.0 Å². The van der Waals surface area contributed by atoms with E-state index in [-0.39, 0.29) is 17.1 Å². The zero-order chi connectivity index (χ0) is 24.6. The van der Waals surface area contributed by atoms with Crippen LogP contribution in [0, 0.1) is 0 Å². The molecule has 1 fully saturated rings. The zero-order valence-electron chi connectivity index (χ0n) is 20.1. The van der Waals surface area contributed by atoms with E-state index in [0.29, 0.717) is 18.7 Å². The summed E-state index contributed by atoms with van der Waals surface area (Å²) < 4.78 is 6.85. The summed E-state index contributed by atoms with van der Waals surface area (Å²) in [6.07, 6.45) is 2.44. The number of ether oxygens (including phenoxy) is 1. The average Bonchev–Trinajstić information content (AvgIpc) is 3.54. The normalized spacial score (nSPS) is 14.6. The van der Waals surface area contributed by atoms with Crippen molar-refractivity contribution in [2.75, 3.05) is 20.2 Å². The monoisotopic (exact) mass is 493 g/mol. The van der Waals surface area contributed by atoms with Crippen LogP contribution in [0.5, 0.6) is 0 Å². The summed E-state index contributed by atoms with van der Waals surface area (Å²) in [4.78, 5) is 26.8. The average molecular weight is 494 g/mol. The van der Waals surface area contributed by atoms with E-state index < -0.39 is 0 Å². The topological polar surface area (TPSA) is 89.3 Å². The standard InChI is InChI=1S/C26H31N5O3S/c1-19(24(32)27-16-20-10-12-22(13-11-20)25(33)34-2)35-26-29-28-23(18-30-14-6-7-15-30)31(26)17-21-8-4-3-5-9-21/h3-5,8-13,19H,6-7,14-18H2,1-2H3,(H,27,32). The Labute approximate surface area is 210 Å². The minimum Gasteiger partial charge on any atom is -0.465 e. The molecule has 4 rings (SSSR count). The number of nitrogens with zero attached hydrogens (tertiary/aromatic N) is 4. The van der Waals surface area contributed by atoms with Crippen molar-refractivity contribution in [2.45, 2.75) is 49.8 Å². The third-order valence-electron chi connectivity index (χ3n) is 6.03. The Morgan fingerprint density at radius 1 is 1.00 bits per heavy atom. The van der Waals surface area contributed by atoms with Crippen molar-refractivity contribution in [1.29, 1.82) is 0 Å². The van der Waals surface area contributed by atoms with E-state index in [0.717, 1.165) is 36.2 Å². The quantitative estimate of drug-likeness (QED) is 0.342. The first kappa shape index (κ1) is 24.9. The number of rotatable bonds is 10. The third-order valence-corrected chi connectivity index (χ3v) is 7.11. The van der Waals surface area contributed by atoms with Crippen molar-refractivity contribution < 1.29 is 14.3 Å². The predicted molar refractivity (Wildman–Crippen MR) is 135 cm³/mol. The zero-order valence-corrected chi connectivity index (χ0v) is 21.0. The number of methoxy groups -OCH3 is 1. The molecule has 9 heteroatoms. The first-order valence-corrected chi connectivity index (χ1v) is 12.7. The molecular weight excluding hydrogens is 462 g/mol. The second-order valence-corrected chi connectivity index (χ2v) is 9.93. The van der Waals surface area contributed by atoms with Crippen LogP contribution in [0.3, 0.4) is 0 Å². The number of amides is 1. The third kappa shape index (κ3) is 6.70. The minimum absolute atomic E-state index is 0.0811. The number of nitrogens with one attached hydrogen (secondary N) is 1. The van der Waals surface area contributed by atoms with Gasteiger partial charge in [0.2, 0.25) is 5.91 Å². The van der Waals surface area contributed by atoms with Gasteiger partial charge in [-0.05, 0) is 56.1 Å². The van der Waals surface area contributed by atoms with Gasteiger partial charge in [0, 0.05) is 6.54 Å². The molecule has 8 nitrogen and oxygen atoms in total. The molecule has 1 aromatic heterocycles. The molecule has 1 amide bonds. The van der Waals surface area contributed by atoms with Gasteiger partial charge in [-0.2, -0.15) is 0 Å². The fourth-order valence-corrected chi connectivity index (χ4v) is 4.90. The number of benzene rings is 2. The molecule has 1 aliphatic rings. The lowest BCUT2D eigenvalue weighted by molar-refractivity contribution is -0.120. The van der Waals surface area contributed by atoms with Gasteiger partial charge < -0.3 is 14.6 Å². The molecule has 0 saturated carbocycles. The largest absolute Gasteiger partial charge is 0.465 e. The molecular formula is C26H31N5O3S. The van der Waals surface area contributed by atoms with Crippen LogP contribution in [0.1, 0.15) is 47.1 Å². The Balaban J connectivity index is 1.40. The van der Waals surface area contributed by atoms with Crippen molar-refractivity contribution in [2.24, 2.45) is 0 Å². The van der Waals surface area contributed by atoms with Crippen molar-refractivity contribution in [3.63, 3.8) is 0 Å². The Kier molecular flexibility index (Phi) is 8.54. The van der Waals surface area contributed by atoms with Gasteiger partial charge >= 0.3 is 5.97 Å². The highest BCUT2D eigenvalue weighted by Gasteiger charge is 2.22. The summed E-state index contributed by atoms with van der Waals surface area (Å²) in [6, 6.07) is 17.3. The molecule has 1 atom stereocenters. The van der Waals surface area contributed by atoms with E-state index in [1.54, 1.807) is 12.1 Å². The van der Waals surface area contributed by atoms with Gasteiger partial charge in [0.15, 0.2) is 5.16 Å². The highest BCUT2D eigenvalue weighted by atomic mass is 32.2. The molecule has 0 radical (unpaired) electrons. The highest BCUT2D eigenvalue weighted by molar-refractivity contribution is 8.00. The molecule has 2 aromatic carbocycles. The van der Waals surface area contributed by atoms with Gasteiger partial charge in [0.25, 0.3) is 0 Å². The number of hydrogen-bond donors (Lipinski definition) is 1. The maximum Gasteiger partial charge on any atom is 0.337 e. The SMILES string of the molecule is COC(=O)c1ccc(CNC(=O)C(C)Sc2nnc(CN3CCCC3)n2Cc2ccccc2)cc1. The maximum absolute atomic E-state index is 12.8. The summed E-state index contributed by atoms with van der Waals surface area (Å²) in [7, 11) is 1.35. The van der Waals surface area contributed by atoms with Crippen molar-refractivity contribution in [1.82, 2.24) is 25.0 Å². The van der Waals surface area contributed by atoms with Crippen molar-refractivity contribution in [3.8, 4) is 0 Å². The van der Waals surface area contributed by atoms with E-state index in [1.165, 1.54) is 37.3 Å². The second kappa shape index (κ2) is 12.0. The summed E-state index contributed by atoms with van der Waals surface area (Å²) in [5.41, 5.74) is 2.56. The van der Waals surface area contributed by atoms with Crippen LogP contribution in [0.4, 0.5) is 0 Å². The number of carbonyl (C=O) groups is 2. The van der Waals surface area contributed by atoms with Gasteiger partial charge in [0.1, 0.15) is 5.82 Å². The Morgan fingerprint density at radius 2 is 1.71 bits per heavy atom. The second-order valence-electron chi connectivity index (χ2n) is 8.62. The molecule has 1 saturated heterocycles. The predicted octanol–water partition coefficient (Wildman–Crippen LogP) is 3.51. The van der Waals surface area contributed by atoms with Crippen LogP contribution in [-0.2, 0) is 29.2 Å². The van der Waals surface area contributed by atoms with Crippen LogP contribution in [0.25, 0.3) is 0 Å². The Morgan fingerprint density at radius 3 is 2.40 bits per heavy atom. The molecule has 0 spiro atoms. The van der Waals surface area contributed by atoms with Crippen LogP contribution in [0.2, 0.25) is 0 Å². The maximum atomic E-state index is 12.8. The lowest BCUT2D eigenvalue weighted by Crippen LogP contribution is -2.30. The van der Waals surface area contributed by atoms with E-state index in [9.17, 15) is 9.59 Å². The van der Waals surface area contributed by atoms with Crippen molar-refractivity contribution in [3.05, 3.63) is 77.1 Å². The number of carbonyl (C=O) groups excluding carboxylic acids is 2. The molecule has 35 heavy (non-hydrogen) atoms. The number of likely N-dealkylation sites (tertiary alicyclic amines) is 1. The van der Waals surface area contributed by atoms with E-state index in [4.69, 9.17) is 4.74 Å². The summed E-state index contributed by atoms with van der Waals surface area (Å²) in [6.45, 7) is 5.85. The van der Waals surface area contributed by atoms with E-state index >= 15 is 0 Å². The summed E-state index contributed by atoms with van der Waals surface area (Å²) in [5, 5.41) is 12.3.